The second-order valence-corrected chi connectivity index (χ2v) is 5.97. The Morgan fingerprint density at radius 2 is 2.22 bits per heavy atom. The highest BCUT2D eigenvalue weighted by Crippen LogP contribution is 2.23. The van der Waals surface area contributed by atoms with Crippen LogP contribution in [-0.2, 0) is 6.54 Å². The van der Waals surface area contributed by atoms with Crippen molar-refractivity contribution < 1.29 is 0 Å². The van der Waals surface area contributed by atoms with E-state index in [1.54, 1.807) is 6.20 Å². The van der Waals surface area contributed by atoms with Gasteiger partial charge in [0.15, 0.2) is 0 Å². The molecule has 100 valence electrons. The van der Waals surface area contributed by atoms with Crippen molar-refractivity contribution >= 4 is 17.4 Å². The fourth-order valence-electron chi connectivity index (χ4n) is 1.99. The topological polar surface area (TPSA) is 28.2 Å². The number of rotatable bonds is 6. The highest BCUT2D eigenvalue weighted by molar-refractivity contribution is 6.31. The fraction of sp³-hybridized carbons (Fsp3) is 0.643. The predicted molar refractivity (Wildman–Crippen MR) is 77.2 cm³/mol. The molecule has 1 aromatic heterocycles. The Balaban J connectivity index is 2.03. The number of hydrogen-bond donors (Lipinski definition) is 1. The first-order valence-electron chi connectivity index (χ1n) is 6.65. The van der Waals surface area contributed by atoms with Crippen molar-refractivity contribution in [2.75, 3.05) is 18.5 Å². The number of aromatic nitrogens is 1. The lowest BCUT2D eigenvalue weighted by Gasteiger charge is -2.21. The quantitative estimate of drug-likeness (QED) is 0.859. The van der Waals surface area contributed by atoms with E-state index in [-0.39, 0.29) is 0 Å². The summed E-state index contributed by atoms with van der Waals surface area (Å²) in [6, 6.07) is 2.80. The lowest BCUT2D eigenvalue weighted by Crippen LogP contribution is -2.24. The minimum atomic E-state index is 0.625. The first kappa shape index (κ1) is 13.6. The van der Waals surface area contributed by atoms with Gasteiger partial charge in [-0.05, 0) is 30.4 Å². The van der Waals surface area contributed by atoms with Gasteiger partial charge in [-0.25, -0.2) is 4.98 Å². The minimum Gasteiger partial charge on any atom is -0.359 e. The van der Waals surface area contributed by atoms with Gasteiger partial charge in [-0.1, -0.05) is 25.4 Å². The Labute approximate surface area is 115 Å². The molecule has 0 bridgehead atoms. The summed E-state index contributed by atoms with van der Waals surface area (Å²) >= 11 is 6.19. The second kappa shape index (κ2) is 5.89. The highest BCUT2D eigenvalue weighted by atomic mass is 35.5. The third-order valence-electron chi connectivity index (χ3n) is 3.11. The van der Waals surface area contributed by atoms with Gasteiger partial charge < -0.3 is 10.2 Å². The summed E-state index contributed by atoms with van der Waals surface area (Å²) in [6.45, 7) is 6.27. The molecule has 0 spiro atoms. The van der Waals surface area contributed by atoms with Gasteiger partial charge in [0.1, 0.15) is 5.82 Å². The summed E-state index contributed by atoms with van der Waals surface area (Å²) in [5.74, 6) is 1.63. The summed E-state index contributed by atoms with van der Waals surface area (Å²) in [6.07, 6.45) is 4.35. The van der Waals surface area contributed by atoms with Crippen LogP contribution in [0.3, 0.4) is 0 Å². The van der Waals surface area contributed by atoms with E-state index < -0.39 is 0 Å². The molecule has 0 radical (unpaired) electrons. The van der Waals surface area contributed by atoms with Crippen molar-refractivity contribution in [1.82, 2.24) is 10.3 Å². The van der Waals surface area contributed by atoms with E-state index in [1.807, 2.05) is 0 Å². The summed E-state index contributed by atoms with van der Waals surface area (Å²) in [7, 11) is 2.08. The molecule has 3 nitrogen and oxygen atoms in total. The van der Waals surface area contributed by atoms with Gasteiger partial charge in [0.2, 0.25) is 0 Å². The van der Waals surface area contributed by atoms with E-state index >= 15 is 0 Å². The third-order valence-corrected chi connectivity index (χ3v) is 3.45. The number of hydrogen-bond acceptors (Lipinski definition) is 3. The molecule has 1 saturated carbocycles. The van der Waals surface area contributed by atoms with E-state index in [2.05, 4.69) is 42.2 Å². The molecule has 0 aliphatic heterocycles. The lowest BCUT2D eigenvalue weighted by molar-refractivity contribution is 0.633. The molecule has 0 unspecified atom stereocenters. The molecular weight excluding hydrogens is 246 g/mol. The maximum absolute atomic E-state index is 6.19. The Kier molecular flexibility index (Phi) is 4.46. The predicted octanol–water partition coefficient (Wildman–Crippen LogP) is 3.08. The maximum Gasteiger partial charge on any atom is 0.128 e. The first-order valence-corrected chi connectivity index (χ1v) is 7.03. The smallest absolute Gasteiger partial charge is 0.128 e. The van der Waals surface area contributed by atoms with Crippen molar-refractivity contribution in [2.24, 2.45) is 5.92 Å². The zero-order chi connectivity index (χ0) is 13.1. The molecule has 0 amide bonds. The number of halogens is 1. The van der Waals surface area contributed by atoms with Crippen LogP contribution >= 0.6 is 11.6 Å². The molecule has 4 heteroatoms. The van der Waals surface area contributed by atoms with Gasteiger partial charge in [0, 0.05) is 32.4 Å². The highest BCUT2D eigenvalue weighted by Gasteiger charge is 2.20. The summed E-state index contributed by atoms with van der Waals surface area (Å²) in [4.78, 5) is 6.58. The molecule has 0 atom stereocenters. The molecule has 1 aliphatic carbocycles. The van der Waals surface area contributed by atoms with Crippen LogP contribution in [0.2, 0.25) is 5.02 Å². The van der Waals surface area contributed by atoms with Crippen molar-refractivity contribution in [3.05, 3.63) is 22.8 Å². The molecule has 1 fully saturated rings. The van der Waals surface area contributed by atoms with Gasteiger partial charge >= 0.3 is 0 Å². The number of pyridine rings is 1. The van der Waals surface area contributed by atoms with Crippen LogP contribution in [-0.4, -0.2) is 24.6 Å². The molecular formula is C14H22ClN3. The molecule has 2 rings (SSSR count). The molecule has 1 heterocycles. The van der Waals surface area contributed by atoms with Gasteiger partial charge in [-0.15, -0.1) is 0 Å². The van der Waals surface area contributed by atoms with Crippen LogP contribution in [0.15, 0.2) is 12.3 Å². The van der Waals surface area contributed by atoms with Gasteiger partial charge in [-0.3, -0.25) is 0 Å². The van der Waals surface area contributed by atoms with E-state index in [1.165, 1.54) is 12.8 Å². The average Bonchev–Trinajstić information content (AvgIpc) is 3.10. The van der Waals surface area contributed by atoms with E-state index in [9.17, 15) is 0 Å². The molecule has 1 aliphatic rings. The Hall–Kier alpha value is -0.800. The van der Waals surface area contributed by atoms with Crippen LogP contribution < -0.4 is 10.2 Å². The van der Waals surface area contributed by atoms with Crippen molar-refractivity contribution in [3.8, 4) is 0 Å². The van der Waals surface area contributed by atoms with E-state index in [0.717, 1.165) is 29.5 Å². The Bertz CT molecular complexity index is 402. The lowest BCUT2D eigenvalue weighted by atomic mass is 10.2. The van der Waals surface area contributed by atoms with Crippen molar-refractivity contribution in [1.29, 1.82) is 0 Å². The number of nitrogens with one attached hydrogen (secondary N) is 1. The van der Waals surface area contributed by atoms with E-state index in [4.69, 9.17) is 11.6 Å². The van der Waals surface area contributed by atoms with Crippen LogP contribution in [0.5, 0.6) is 0 Å². The van der Waals surface area contributed by atoms with Crippen LogP contribution in [0.4, 0.5) is 5.82 Å². The SMILES string of the molecule is CC(C)CN(C)c1cc(CNC2CC2)c(Cl)cn1. The molecule has 0 aromatic carbocycles. The molecule has 0 saturated heterocycles. The Morgan fingerprint density at radius 1 is 1.50 bits per heavy atom. The molecule has 18 heavy (non-hydrogen) atoms. The monoisotopic (exact) mass is 267 g/mol. The van der Waals surface area contributed by atoms with Crippen LogP contribution in [0.1, 0.15) is 32.3 Å². The second-order valence-electron chi connectivity index (χ2n) is 5.56. The van der Waals surface area contributed by atoms with Crippen molar-refractivity contribution in [2.45, 2.75) is 39.3 Å². The third kappa shape index (κ3) is 3.85. The number of anilines is 1. The van der Waals surface area contributed by atoms with Crippen LogP contribution in [0, 0.1) is 5.92 Å². The molecule has 1 N–H and O–H groups in total. The summed E-state index contributed by atoms with van der Waals surface area (Å²) in [5, 5.41) is 4.24. The first-order chi connectivity index (χ1) is 8.56. The van der Waals surface area contributed by atoms with Gasteiger partial charge in [0.05, 0.1) is 5.02 Å². The van der Waals surface area contributed by atoms with E-state index in [0.29, 0.717) is 12.0 Å². The van der Waals surface area contributed by atoms with Gasteiger partial charge in [0.25, 0.3) is 0 Å². The Morgan fingerprint density at radius 3 is 2.83 bits per heavy atom. The zero-order valence-corrected chi connectivity index (χ0v) is 12.2. The summed E-state index contributed by atoms with van der Waals surface area (Å²) < 4.78 is 0. The van der Waals surface area contributed by atoms with Crippen molar-refractivity contribution in [3.63, 3.8) is 0 Å². The average molecular weight is 268 g/mol. The normalized spacial score (nSPS) is 15.2. The number of nitrogens with zero attached hydrogens (tertiary/aromatic N) is 2. The summed E-state index contributed by atoms with van der Waals surface area (Å²) in [5.41, 5.74) is 1.14. The largest absolute Gasteiger partial charge is 0.359 e. The van der Waals surface area contributed by atoms with Gasteiger partial charge in [-0.2, -0.15) is 0 Å². The molecule has 1 aromatic rings. The standard InChI is InChI=1S/C14H22ClN3/c1-10(2)9-18(3)14-6-11(13(15)8-17-14)7-16-12-4-5-12/h6,8,10,12,16H,4-5,7,9H2,1-3H3. The maximum atomic E-state index is 6.19. The fourth-order valence-corrected chi connectivity index (χ4v) is 2.17. The minimum absolute atomic E-state index is 0.625. The van der Waals surface area contributed by atoms with Crippen LogP contribution in [0.25, 0.3) is 0 Å². The zero-order valence-electron chi connectivity index (χ0n) is 11.4.